The van der Waals surface area contributed by atoms with Gasteiger partial charge < -0.3 is 5.32 Å². The zero-order chi connectivity index (χ0) is 16.9. The smallest absolute Gasteiger partial charge is 0.321 e. The molecule has 0 radical (unpaired) electrons. The summed E-state index contributed by atoms with van der Waals surface area (Å²) in [6.07, 6.45) is 0. The first kappa shape index (κ1) is 17.1. The van der Waals surface area contributed by atoms with Gasteiger partial charge in [0, 0.05) is 26.4 Å². The first-order valence-electron chi connectivity index (χ1n) is 7.11. The van der Waals surface area contributed by atoms with Gasteiger partial charge in [-0.3, -0.25) is 5.32 Å². The summed E-state index contributed by atoms with van der Waals surface area (Å²) < 4.78 is 2.01. The zero-order valence-electron chi connectivity index (χ0n) is 12.4. The molecule has 24 heavy (non-hydrogen) atoms. The van der Waals surface area contributed by atoms with Crippen molar-refractivity contribution in [1.82, 2.24) is 10.3 Å². The molecule has 1 aromatic heterocycles. The van der Waals surface area contributed by atoms with Crippen molar-refractivity contribution < 1.29 is 4.79 Å². The Morgan fingerprint density at radius 3 is 2.62 bits per heavy atom. The van der Waals surface area contributed by atoms with E-state index in [0.29, 0.717) is 11.7 Å². The SMILES string of the molecule is O=C(NCc1cccc(Br)c1)Nc1nc(-c2ccc(Br)cc2)cs1. The molecule has 0 saturated heterocycles. The summed E-state index contributed by atoms with van der Waals surface area (Å²) >= 11 is 8.22. The highest BCUT2D eigenvalue weighted by Gasteiger charge is 2.08. The molecule has 0 aliphatic rings. The van der Waals surface area contributed by atoms with Crippen molar-refractivity contribution in [2.75, 3.05) is 5.32 Å². The Balaban J connectivity index is 1.58. The third-order valence-corrected chi connectivity index (χ3v) is 4.99. The first-order valence-corrected chi connectivity index (χ1v) is 9.57. The molecule has 0 spiro atoms. The number of nitrogens with zero attached hydrogens (tertiary/aromatic N) is 1. The van der Waals surface area contributed by atoms with E-state index in [4.69, 9.17) is 0 Å². The van der Waals surface area contributed by atoms with Gasteiger partial charge in [0.2, 0.25) is 0 Å². The predicted molar refractivity (Wildman–Crippen MR) is 105 cm³/mol. The number of aromatic nitrogens is 1. The van der Waals surface area contributed by atoms with E-state index in [1.807, 2.05) is 53.9 Å². The number of anilines is 1. The van der Waals surface area contributed by atoms with Crippen LogP contribution in [-0.2, 0) is 6.54 Å². The molecule has 2 amide bonds. The van der Waals surface area contributed by atoms with Gasteiger partial charge in [-0.2, -0.15) is 0 Å². The summed E-state index contributed by atoms with van der Waals surface area (Å²) in [6.45, 7) is 0.455. The molecule has 0 fully saturated rings. The second-order valence-electron chi connectivity index (χ2n) is 4.98. The minimum atomic E-state index is -0.272. The minimum Gasteiger partial charge on any atom is -0.334 e. The van der Waals surface area contributed by atoms with Gasteiger partial charge in [-0.25, -0.2) is 9.78 Å². The summed E-state index contributed by atoms with van der Waals surface area (Å²) in [6, 6.07) is 15.4. The van der Waals surface area contributed by atoms with Crippen LogP contribution in [0.25, 0.3) is 11.3 Å². The third kappa shape index (κ3) is 4.66. The summed E-state index contributed by atoms with van der Waals surface area (Å²) in [5, 5.41) is 8.08. The molecule has 0 aliphatic carbocycles. The molecule has 0 unspecified atom stereocenters. The van der Waals surface area contributed by atoms with Gasteiger partial charge in [0.15, 0.2) is 5.13 Å². The zero-order valence-corrected chi connectivity index (χ0v) is 16.4. The number of thiazole rings is 1. The van der Waals surface area contributed by atoms with Crippen molar-refractivity contribution >= 4 is 54.4 Å². The molecule has 0 bridgehead atoms. The minimum absolute atomic E-state index is 0.272. The van der Waals surface area contributed by atoms with Crippen LogP contribution < -0.4 is 10.6 Å². The lowest BCUT2D eigenvalue weighted by Gasteiger charge is -2.06. The summed E-state index contributed by atoms with van der Waals surface area (Å²) in [5.74, 6) is 0. The van der Waals surface area contributed by atoms with Crippen molar-refractivity contribution in [2.24, 2.45) is 0 Å². The number of amides is 2. The number of urea groups is 1. The lowest BCUT2D eigenvalue weighted by atomic mass is 10.2. The maximum atomic E-state index is 12.0. The molecule has 7 heteroatoms. The van der Waals surface area contributed by atoms with Crippen molar-refractivity contribution in [1.29, 1.82) is 0 Å². The second kappa shape index (κ2) is 7.92. The molecule has 0 atom stereocenters. The van der Waals surface area contributed by atoms with Crippen LogP contribution in [0.15, 0.2) is 62.9 Å². The molecule has 0 saturated carbocycles. The lowest BCUT2D eigenvalue weighted by molar-refractivity contribution is 0.251. The topological polar surface area (TPSA) is 54.0 Å². The average molecular weight is 467 g/mol. The Hall–Kier alpha value is -1.70. The fraction of sp³-hybridized carbons (Fsp3) is 0.0588. The summed E-state index contributed by atoms with van der Waals surface area (Å²) in [7, 11) is 0. The van der Waals surface area contributed by atoms with Gasteiger partial charge in [0.25, 0.3) is 0 Å². The fourth-order valence-corrected chi connectivity index (χ4v) is 3.48. The van der Waals surface area contributed by atoms with Gasteiger partial charge in [-0.1, -0.05) is 56.1 Å². The molecule has 122 valence electrons. The molecule has 2 N–H and O–H groups in total. The van der Waals surface area contributed by atoms with E-state index < -0.39 is 0 Å². The normalized spacial score (nSPS) is 10.4. The molecule has 2 aromatic carbocycles. The number of hydrogen-bond donors (Lipinski definition) is 2. The molecular formula is C17H13Br2N3OS. The van der Waals surface area contributed by atoms with Gasteiger partial charge >= 0.3 is 6.03 Å². The summed E-state index contributed by atoms with van der Waals surface area (Å²) in [5.41, 5.74) is 2.88. The van der Waals surface area contributed by atoms with Gasteiger partial charge in [0.05, 0.1) is 5.69 Å². The van der Waals surface area contributed by atoms with E-state index in [1.165, 1.54) is 11.3 Å². The van der Waals surface area contributed by atoms with E-state index >= 15 is 0 Å². The van der Waals surface area contributed by atoms with E-state index in [2.05, 4.69) is 47.5 Å². The van der Waals surface area contributed by atoms with Crippen molar-refractivity contribution in [3.05, 3.63) is 68.4 Å². The number of halogens is 2. The van der Waals surface area contributed by atoms with E-state index in [9.17, 15) is 4.79 Å². The Bertz CT molecular complexity index is 849. The number of hydrogen-bond acceptors (Lipinski definition) is 3. The highest BCUT2D eigenvalue weighted by molar-refractivity contribution is 9.10. The average Bonchev–Trinajstić information content (AvgIpc) is 3.02. The van der Waals surface area contributed by atoms with Crippen molar-refractivity contribution in [3.8, 4) is 11.3 Å². The Morgan fingerprint density at radius 1 is 1.08 bits per heavy atom. The Morgan fingerprint density at radius 2 is 1.88 bits per heavy atom. The maximum Gasteiger partial charge on any atom is 0.321 e. The van der Waals surface area contributed by atoms with E-state index in [0.717, 1.165) is 25.8 Å². The number of nitrogens with one attached hydrogen (secondary N) is 2. The van der Waals surface area contributed by atoms with Crippen molar-refractivity contribution in [3.63, 3.8) is 0 Å². The predicted octanol–water partition coefficient (Wildman–Crippen LogP) is 5.66. The van der Waals surface area contributed by atoms with Crippen LogP contribution in [0.4, 0.5) is 9.93 Å². The fourth-order valence-electron chi connectivity index (χ4n) is 2.05. The van der Waals surface area contributed by atoms with Crippen LogP contribution >= 0.6 is 43.2 Å². The molecule has 0 aliphatic heterocycles. The summed E-state index contributed by atoms with van der Waals surface area (Å²) in [4.78, 5) is 16.4. The van der Waals surface area contributed by atoms with Crippen LogP contribution in [0, 0.1) is 0 Å². The number of benzene rings is 2. The monoisotopic (exact) mass is 465 g/mol. The Labute approximate surface area is 160 Å². The second-order valence-corrected chi connectivity index (χ2v) is 7.67. The quantitative estimate of drug-likeness (QED) is 0.521. The van der Waals surface area contributed by atoms with E-state index in [1.54, 1.807) is 0 Å². The maximum absolute atomic E-state index is 12.0. The number of rotatable bonds is 4. The molecular weight excluding hydrogens is 454 g/mol. The van der Waals surface area contributed by atoms with Crippen LogP contribution in [0.5, 0.6) is 0 Å². The standard InChI is InChI=1S/C17H13Br2N3OS/c18-13-6-4-12(5-7-13)15-10-24-17(21-15)22-16(23)20-9-11-2-1-3-14(19)8-11/h1-8,10H,9H2,(H2,20,21,22,23). The first-order chi connectivity index (χ1) is 11.6. The Kier molecular flexibility index (Phi) is 5.65. The lowest BCUT2D eigenvalue weighted by Crippen LogP contribution is -2.28. The molecule has 3 rings (SSSR count). The highest BCUT2D eigenvalue weighted by Crippen LogP contribution is 2.26. The van der Waals surface area contributed by atoms with E-state index in [-0.39, 0.29) is 6.03 Å². The van der Waals surface area contributed by atoms with Crippen molar-refractivity contribution in [2.45, 2.75) is 6.54 Å². The van der Waals surface area contributed by atoms with Gasteiger partial charge in [0.1, 0.15) is 0 Å². The molecule has 1 heterocycles. The van der Waals surface area contributed by atoms with Crippen LogP contribution in [0.3, 0.4) is 0 Å². The molecule has 4 nitrogen and oxygen atoms in total. The largest absolute Gasteiger partial charge is 0.334 e. The van der Waals surface area contributed by atoms with Crippen LogP contribution in [-0.4, -0.2) is 11.0 Å². The number of carbonyl (C=O) groups is 1. The third-order valence-electron chi connectivity index (χ3n) is 3.21. The number of carbonyl (C=O) groups excluding carboxylic acids is 1. The van der Waals surface area contributed by atoms with Crippen LogP contribution in [0.2, 0.25) is 0 Å². The highest BCUT2D eigenvalue weighted by atomic mass is 79.9. The van der Waals surface area contributed by atoms with Gasteiger partial charge in [-0.15, -0.1) is 11.3 Å². The van der Waals surface area contributed by atoms with Gasteiger partial charge in [-0.05, 0) is 29.8 Å². The van der Waals surface area contributed by atoms with Crippen LogP contribution in [0.1, 0.15) is 5.56 Å². The molecule has 3 aromatic rings.